The number of nitrogens with zero attached hydrogens (tertiary/aromatic N) is 2. The van der Waals surface area contributed by atoms with E-state index in [-0.39, 0.29) is 0 Å². The van der Waals surface area contributed by atoms with Gasteiger partial charge in [-0.15, -0.1) is 0 Å². The highest BCUT2D eigenvalue weighted by Crippen LogP contribution is 2.33. The summed E-state index contributed by atoms with van der Waals surface area (Å²) >= 11 is 0. The van der Waals surface area contributed by atoms with Gasteiger partial charge in [-0.1, -0.05) is 24.8 Å². The molecule has 0 fully saturated rings. The fraction of sp³-hybridized carbons (Fsp3) is 0.357. The van der Waals surface area contributed by atoms with Crippen LogP contribution in [0, 0.1) is 0 Å². The highest BCUT2D eigenvalue weighted by atomic mass is 28.4. The summed E-state index contributed by atoms with van der Waals surface area (Å²) in [7, 11) is 1.98. The van der Waals surface area contributed by atoms with Crippen LogP contribution in [0.15, 0.2) is 49.6 Å². The average molecular weight is 293 g/mol. The fourth-order valence-corrected chi connectivity index (χ4v) is 5.36. The molecule has 1 unspecified atom stereocenters. The Hall–Kier alpha value is -1.47. The summed E-state index contributed by atoms with van der Waals surface area (Å²) in [6.45, 7) is 3.77. The van der Waals surface area contributed by atoms with Crippen LogP contribution in [0.2, 0.25) is 0 Å². The third kappa shape index (κ3) is 2.10. The zero-order valence-electron chi connectivity index (χ0n) is 12.2. The average Bonchev–Trinajstić information content (AvgIpc) is 3.00. The maximum Gasteiger partial charge on any atom is 0.555 e. The maximum atomic E-state index is 5.73. The molecule has 1 aliphatic carbocycles. The summed E-state index contributed by atoms with van der Waals surface area (Å²) in [6.07, 6.45) is 16.5. The molecule has 1 aliphatic rings. The standard InChI is InChI=1S/C14H21N2O3Si/c1-5-15-11-12-16(13-15)14(9-7-6-8-10-14)20(17-2,18-3)19-4/h5-9,11-13H,1,10H2,2-4H3/q+1. The molecule has 5 nitrogen and oxygen atoms in total. The molecule has 108 valence electrons. The van der Waals surface area contributed by atoms with Gasteiger partial charge >= 0.3 is 8.80 Å². The van der Waals surface area contributed by atoms with E-state index in [1.807, 2.05) is 35.4 Å². The maximum absolute atomic E-state index is 5.73. The number of aromatic nitrogens is 2. The van der Waals surface area contributed by atoms with E-state index >= 15 is 0 Å². The topological polar surface area (TPSA) is 36.5 Å². The molecule has 0 spiro atoms. The Morgan fingerprint density at radius 1 is 1.25 bits per heavy atom. The van der Waals surface area contributed by atoms with Gasteiger partial charge in [0.05, 0.1) is 6.20 Å². The molecule has 0 N–H and O–H groups in total. The molecule has 2 rings (SSSR count). The van der Waals surface area contributed by atoms with E-state index in [0.717, 1.165) is 6.42 Å². The van der Waals surface area contributed by atoms with Crippen molar-refractivity contribution >= 4 is 15.0 Å². The van der Waals surface area contributed by atoms with E-state index in [1.54, 1.807) is 27.5 Å². The highest BCUT2D eigenvalue weighted by molar-refractivity contribution is 6.63. The Labute approximate surface area is 120 Å². The van der Waals surface area contributed by atoms with Crippen LogP contribution in [0.5, 0.6) is 0 Å². The lowest BCUT2D eigenvalue weighted by atomic mass is 10.1. The Morgan fingerprint density at radius 2 is 1.95 bits per heavy atom. The van der Waals surface area contributed by atoms with Gasteiger partial charge in [-0.25, -0.2) is 9.13 Å². The van der Waals surface area contributed by atoms with Gasteiger partial charge in [0, 0.05) is 27.8 Å². The zero-order valence-corrected chi connectivity index (χ0v) is 13.2. The second-order valence-corrected chi connectivity index (χ2v) is 7.74. The largest absolute Gasteiger partial charge is 0.555 e. The van der Waals surface area contributed by atoms with E-state index in [2.05, 4.69) is 23.3 Å². The first-order chi connectivity index (χ1) is 9.68. The molecule has 6 heteroatoms. The molecule has 1 atom stereocenters. The van der Waals surface area contributed by atoms with Crippen molar-refractivity contribution in [2.75, 3.05) is 21.3 Å². The van der Waals surface area contributed by atoms with Crippen LogP contribution in [-0.2, 0) is 18.4 Å². The lowest BCUT2D eigenvalue weighted by Crippen LogP contribution is -2.73. The molecule has 0 aromatic carbocycles. The van der Waals surface area contributed by atoms with Crippen LogP contribution < -0.4 is 4.57 Å². The van der Waals surface area contributed by atoms with Gasteiger partial charge in [-0.3, -0.25) is 0 Å². The quantitative estimate of drug-likeness (QED) is 0.589. The van der Waals surface area contributed by atoms with Crippen LogP contribution in [-0.4, -0.2) is 34.7 Å². The van der Waals surface area contributed by atoms with Gasteiger partial charge in [-0.2, -0.15) is 0 Å². The second kappa shape index (κ2) is 5.88. The van der Waals surface area contributed by atoms with E-state index < -0.39 is 14.0 Å². The zero-order chi connectivity index (χ0) is 14.6. The minimum atomic E-state index is -2.93. The molecule has 0 saturated heterocycles. The van der Waals surface area contributed by atoms with Crippen LogP contribution in [0.4, 0.5) is 0 Å². The fourth-order valence-electron chi connectivity index (χ4n) is 2.68. The van der Waals surface area contributed by atoms with Crippen LogP contribution >= 0.6 is 0 Å². The van der Waals surface area contributed by atoms with Crippen LogP contribution in [0.1, 0.15) is 6.42 Å². The van der Waals surface area contributed by atoms with Gasteiger partial charge in [0.1, 0.15) is 12.4 Å². The van der Waals surface area contributed by atoms with Crippen molar-refractivity contribution in [3.63, 3.8) is 0 Å². The van der Waals surface area contributed by atoms with Crippen LogP contribution in [0.25, 0.3) is 6.20 Å². The van der Waals surface area contributed by atoms with Gasteiger partial charge in [-0.05, 0) is 6.08 Å². The van der Waals surface area contributed by atoms with E-state index in [0.29, 0.717) is 0 Å². The normalized spacial score (nSPS) is 22.1. The summed E-state index contributed by atoms with van der Waals surface area (Å²) < 4.78 is 21.1. The van der Waals surface area contributed by atoms with Crippen molar-refractivity contribution in [2.24, 2.45) is 0 Å². The number of hydrogen-bond donors (Lipinski definition) is 0. The molecule has 20 heavy (non-hydrogen) atoms. The Kier molecular flexibility index (Phi) is 4.39. The first-order valence-electron chi connectivity index (χ1n) is 6.39. The molecule has 0 saturated carbocycles. The predicted molar refractivity (Wildman–Crippen MR) is 78.7 cm³/mol. The van der Waals surface area contributed by atoms with Gasteiger partial charge in [0.25, 0.3) is 0 Å². The van der Waals surface area contributed by atoms with Crippen molar-refractivity contribution in [3.8, 4) is 0 Å². The summed E-state index contributed by atoms with van der Waals surface area (Å²) in [5.74, 6) is 0. The van der Waals surface area contributed by atoms with Crippen molar-refractivity contribution in [2.45, 2.75) is 11.6 Å². The van der Waals surface area contributed by atoms with Gasteiger partial charge in [0.15, 0.2) is 0 Å². The molecule has 1 aromatic rings. The highest BCUT2D eigenvalue weighted by Gasteiger charge is 2.63. The van der Waals surface area contributed by atoms with Crippen molar-refractivity contribution in [3.05, 3.63) is 49.6 Å². The predicted octanol–water partition coefficient (Wildman–Crippen LogP) is 1.50. The third-order valence-electron chi connectivity index (χ3n) is 3.71. The number of rotatable bonds is 6. The van der Waals surface area contributed by atoms with E-state index in [1.165, 1.54) is 0 Å². The lowest BCUT2D eigenvalue weighted by molar-refractivity contribution is -0.737. The first kappa shape index (κ1) is 14.9. The smallest absolute Gasteiger partial charge is 0.374 e. The van der Waals surface area contributed by atoms with Crippen molar-refractivity contribution < 1.29 is 17.8 Å². The molecule has 1 aromatic heterocycles. The summed E-state index contributed by atoms with van der Waals surface area (Å²) in [4.78, 5) is 0. The lowest BCUT2D eigenvalue weighted by Gasteiger charge is -2.39. The van der Waals surface area contributed by atoms with Crippen molar-refractivity contribution in [1.82, 2.24) is 4.57 Å². The molecule has 0 aliphatic heterocycles. The summed E-state index contributed by atoms with van der Waals surface area (Å²) in [6, 6.07) is 0. The minimum Gasteiger partial charge on any atom is -0.374 e. The Balaban J connectivity index is 2.58. The van der Waals surface area contributed by atoms with E-state index in [4.69, 9.17) is 13.3 Å². The molecule has 0 amide bonds. The van der Waals surface area contributed by atoms with Gasteiger partial charge in [0.2, 0.25) is 11.5 Å². The minimum absolute atomic E-state index is 0.492. The number of allylic oxidation sites excluding steroid dienone is 4. The molecule has 0 bridgehead atoms. The second-order valence-electron chi connectivity index (χ2n) is 4.53. The van der Waals surface area contributed by atoms with Crippen LogP contribution in [0.3, 0.4) is 0 Å². The van der Waals surface area contributed by atoms with Gasteiger partial charge < -0.3 is 13.3 Å². The Bertz CT molecular complexity index is 526. The molecule has 0 radical (unpaired) electrons. The number of hydrogen-bond acceptors (Lipinski definition) is 3. The Morgan fingerprint density at radius 3 is 2.40 bits per heavy atom. The van der Waals surface area contributed by atoms with E-state index in [9.17, 15) is 0 Å². The molecular weight excluding hydrogens is 272 g/mol. The van der Waals surface area contributed by atoms with Crippen molar-refractivity contribution in [1.29, 1.82) is 0 Å². The molecular formula is C14H21N2O3Si+. The molecule has 1 heterocycles. The number of imidazole rings is 1. The first-order valence-corrected chi connectivity index (χ1v) is 8.12. The summed E-state index contributed by atoms with van der Waals surface area (Å²) in [5, 5.41) is -0.492. The third-order valence-corrected chi connectivity index (χ3v) is 7.02. The monoisotopic (exact) mass is 293 g/mol. The SMILES string of the molecule is C=Cn1cc[n+](C2([Si](OC)(OC)OC)C=CC=CC2)c1. The summed E-state index contributed by atoms with van der Waals surface area (Å²) in [5.41, 5.74) is 0.